The van der Waals surface area contributed by atoms with Crippen molar-refractivity contribution in [3.8, 4) is 0 Å². The van der Waals surface area contributed by atoms with Crippen molar-refractivity contribution in [3.63, 3.8) is 0 Å². The molecule has 1 aliphatic rings. The number of piperidine rings is 1. The number of methoxy groups -OCH3 is 1. The Morgan fingerprint density at radius 1 is 1.35 bits per heavy atom. The molecule has 17 heavy (non-hydrogen) atoms. The van der Waals surface area contributed by atoms with Gasteiger partial charge in [-0.2, -0.15) is 0 Å². The zero-order chi connectivity index (χ0) is 12.9. The van der Waals surface area contributed by atoms with E-state index in [9.17, 15) is 4.79 Å². The SMILES string of the molecule is CCC1(CC)CCN(C(CN)C(=O)OC)CC1. The number of nitrogens with zero attached hydrogens (tertiary/aromatic N) is 1. The van der Waals surface area contributed by atoms with Gasteiger partial charge in [0.2, 0.25) is 0 Å². The van der Waals surface area contributed by atoms with E-state index >= 15 is 0 Å². The first-order valence-corrected chi connectivity index (χ1v) is 6.64. The van der Waals surface area contributed by atoms with E-state index in [-0.39, 0.29) is 12.0 Å². The van der Waals surface area contributed by atoms with E-state index in [1.165, 1.54) is 20.0 Å². The molecule has 1 saturated heterocycles. The maximum absolute atomic E-state index is 11.6. The molecule has 1 unspecified atom stereocenters. The largest absolute Gasteiger partial charge is 0.468 e. The number of hydrogen-bond donors (Lipinski definition) is 1. The van der Waals surface area contributed by atoms with Gasteiger partial charge >= 0.3 is 5.97 Å². The van der Waals surface area contributed by atoms with Gasteiger partial charge in [-0.15, -0.1) is 0 Å². The van der Waals surface area contributed by atoms with Crippen LogP contribution in [0.3, 0.4) is 0 Å². The first-order chi connectivity index (χ1) is 8.12. The van der Waals surface area contributed by atoms with Crippen LogP contribution in [-0.2, 0) is 9.53 Å². The molecule has 0 aromatic heterocycles. The lowest BCUT2D eigenvalue weighted by Gasteiger charge is -2.42. The lowest BCUT2D eigenvalue weighted by Crippen LogP contribution is -2.51. The molecule has 100 valence electrons. The van der Waals surface area contributed by atoms with Crippen molar-refractivity contribution in [1.82, 2.24) is 4.90 Å². The Bertz CT molecular complexity index is 242. The normalized spacial score (nSPS) is 22.1. The average molecular weight is 242 g/mol. The third kappa shape index (κ3) is 3.19. The molecule has 0 radical (unpaired) electrons. The van der Waals surface area contributed by atoms with E-state index in [0.29, 0.717) is 12.0 Å². The van der Waals surface area contributed by atoms with Gasteiger partial charge in [0.15, 0.2) is 0 Å². The Morgan fingerprint density at radius 3 is 2.24 bits per heavy atom. The van der Waals surface area contributed by atoms with Crippen LogP contribution in [0.5, 0.6) is 0 Å². The molecular weight excluding hydrogens is 216 g/mol. The van der Waals surface area contributed by atoms with Gasteiger partial charge in [-0.1, -0.05) is 26.7 Å². The number of ether oxygens (including phenoxy) is 1. The molecule has 0 aromatic carbocycles. The second-order valence-electron chi connectivity index (χ2n) is 5.02. The number of hydrogen-bond acceptors (Lipinski definition) is 4. The zero-order valence-electron chi connectivity index (χ0n) is 11.4. The number of carbonyl (C=O) groups is 1. The van der Waals surface area contributed by atoms with Crippen LogP contribution in [0, 0.1) is 5.41 Å². The Morgan fingerprint density at radius 2 is 1.88 bits per heavy atom. The fourth-order valence-corrected chi connectivity index (χ4v) is 2.80. The molecule has 0 bridgehead atoms. The van der Waals surface area contributed by atoms with E-state index in [1.54, 1.807) is 0 Å². The highest BCUT2D eigenvalue weighted by Crippen LogP contribution is 2.38. The summed E-state index contributed by atoms with van der Waals surface area (Å²) in [7, 11) is 1.43. The van der Waals surface area contributed by atoms with Gasteiger partial charge in [0, 0.05) is 6.54 Å². The van der Waals surface area contributed by atoms with Crippen LogP contribution in [0.1, 0.15) is 39.5 Å². The summed E-state index contributed by atoms with van der Waals surface area (Å²) >= 11 is 0. The lowest BCUT2D eigenvalue weighted by molar-refractivity contribution is -0.147. The summed E-state index contributed by atoms with van der Waals surface area (Å²) in [5.74, 6) is -0.201. The Balaban J connectivity index is 2.58. The third-order valence-corrected chi connectivity index (χ3v) is 4.50. The Labute approximate surface area is 104 Å². The molecule has 2 N–H and O–H groups in total. The minimum absolute atomic E-state index is 0.201. The van der Waals surface area contributed by atoms with E-state index < -0.39 is 0 Å². The molecule has 4 nitrogen and oxygen atoms in total. The van der Waals surface area contributed by atoms with Gasteiger partial charge in [-0.05, 0) is 31.3 Å². The Hall–Kier alpha value is -0.610. The summed E-state index contributed by atoms with van der Waals surface area (Å²) in [6, 6.07) is -0.258. The summed E-state index contributed by atoms with van der Waals surface area (Å²) in [5, 5.41) is 0. The topological polar surface area (TPSA) is 55.6 Å². The third-order valence-electron chi connectivity index (χ3n) is 4.50. The minimum atomic E-state index is -0.258. The fourth-order valence-electron chi connectivity index (χ4n) is 2.80. The van der Waals surface area contributed by atoms with E-state index in [4.69, 9.17) is 10.5 Å². The number of esters is 1. The summed E-state index contributed by atoms with van der Waals surface area (Å²) in [6.45, 7) is 6.79. The zero-order valence-corrected chi connectivity index (χ0v) is 11.4. The van der Waals surface area contributed by atoms with Crippen molar-refractivity contribution in [2.75, 3.05) is 26.7 Å². The minimum Gasteiger partial charge on any atom is -0.468 e. The van der Waals surface area contributed by atoms with Crippen LogP contribution in [0.4, 0.5) is 0 Å². The van der Waals surface area contributed by atoms with Crippen molar-refractivity contribution in [2.24, 2.45) is 11.1 Å². The Kier molecular flexibility index (Phi) is 5.40. The fraction of sp³-hybridized carbons (Fsp3) is 0.923. The number of carbonyl (C=O) groups excluding carboxylic acids is 1. The quantitative estimate of drug-likeness (QED) is 0.740. The van der Waals surface area contributed by atoms with Gasteiger partial charge in [0.05, 0.1) is 7.11 Å². The van der Waals surface area contributed by atoms with Crippen molar-refractivity contribution in [2.45, 2.75) is 45.6 Å². The van der Waals surface area contributed by atoms with Crippen molar-refractivity contribution >= 4 is 5.97 Å². The molecular formula is C13H26N2O2. The average Bonchev–Trinajstić information content (AvgIpc) is 2.40. The molecule has 1 rings (SSSR count). The molecule has 1 heterocycles. The highest BCUT2D eigenvalue weighted by molar-refractivity contribution is 5.75. The van der Waals surface area contributed by atoms with E-state index in [1.807, 2.05) is 0 Å². The molecule has 1 fully saturated rings. The molecule has 1 aliphatic heterocycles. The second kappa shape index (κ2) is 6.36. The van der Waals surface area contributed by atoms with Crippen molar-refractivity contribution < 1.29 is 9.53 Å². The van der Waals surface area contributed by atoms with Crippen molar-refractivity contribution in [3.05, 3.63) is 0 Å². The van der Waals surface area contributed by atoms with Crippen LogP contribution in [0.2, 0.25) is 0 Å². The van der Waals surface area contributed by atoms with E-state index in [2.05, 4.69) is 18.7 Å². The predicted molar refractivity (Wildman–Crippen MR) is 68.7 cm³/mol. The highest BCUT2D eigenvalue weighted by Gasteiger charge is 2.35. The molecule has 1 atom stereocenters. The van der Waals surface area contributed by atoms with Gasteiger partial charge < -0.3 is 10.5 Å². The maximum atomic E-state index is 11.6. The smallest absolute Gasteiger partial charge is 0.324 e. The standard InChI is InChI=1S/C13H26N2O2/c1-4-13(5-2)6-8-15(9-7-13)11(10-14)12(16)17-3/h11H,4-10,14H2,1-3H3. The first-order valence-electron chi connectivity index (χ1n) is 6.64. The van der Waals surface area contributed by atoms with Gasteiger partial charge in [0.1, 0.15) is 6.04 Å². The highest BCUT2D eigenvalue weighted by atomic mass is 16.5. The summed E-state index contributed by atoms with van der Waals surface area (Å²) in [6.07, 6.45) is 4.77. The van der Waals surface area contributed by atoms with Gasteiger partial charge in [-0.3, -0.25) is 9.69 Å². The number of nitrogens with two attached hydrogens (primary N) is 1. The van der Waals surface area contributed by atoms with E-state index in [0.717, 1.165) is 25.9 Å². The van der Waals surface area contributed by atoms with Crippen molar-refractivity contribution in [1.29, 1.82) is 0 Å². The summed E-state index contributed by atoms with van der Waals surface area (Å²) in [5.41, 5.74) is 6.15. The molecule has 0 aliphatic carbocycles. The number of rotatable bonds is 5. The predicted octanol–water partition coefficient (Wildman–Crippen LogP) is 1.39. The molecule has 0 spiro atoms. The monoisotopic (exact) mass is 242 g/mol. The summed E-state index contributed by atoms with van der Waals surface area (Å²) in [4.78, 5) is 13.8. The van der Waals surface area contributed by atoms with Gasteiger partial charge in [0.25, 0.3) is 0 Å². The van der Waals surface area contributed by atoms with Crippen LogP contribution < -0.4 is 5.73 Å². The van der Waals surface area contributed by atoms with Crippen LogP contribution in [0.25, 0.3) is 0 Å². The molecule has 0 saturated carbocycles. The first kappa shape index (κ1) is 14.5. The molecule has 0 amide bonds. The molecule has 0 aromatic rings. The van der Waals surface area contributed by atoms with Gasteiger partial charge in [-0.25, -0.2) is 0 Å². The molecule has 4 heteroatoms. The number of likely N-dealkylation sites (tertiary alicyclic amines) is 1. The van der Waals surface area contributed by atoms with Crippen LogP contribution >= 0.6 is 0 Å². The van der Waals surface area contributed by atoms with Crippen LogP contribution in [0.15, 0.2) is 0 Å². The maximum Gasteiger partial charge on any atom is 0.324 e. The second-order valence-corrected chi connectivity index (χ2v) is 5.02. The van der Waals surface area contributed by atoms with Crippen LogP contribution in [-0.4, -0.2) is 43.7 Å². The lowest BCUT2D eigenvalue weighted by atomic mass is 9.74. The summed E-state index contributed by atoms with van der Waals surface area (Å²) < 4.78 is 4.80.